The Hall–Kier alpha value is -1.85. The van der Waals surface area contributed by atoms with Crippen molar-refractivity contribution in [2.75, 3.05) is 13.2 Å². The van der Waals surface area contributed by atoms with E-state index in [9.17, 15) is 14.4 Å². The number of esters is 3. The molecule has 480 valence electrons. The van der Waals surface area contributed by atoms with Gasteiger partial charge in [0.2, 0.25) is 0 Å². The molecular weight excluding hydrogens is 997 g/mol. The van der Waals surface area contributed by atoms with Gasteiger partial charge < -0.3 is 14.2 Å². The van der Waals surface area contributed by atoms with Gasteiger partial charge in [0.25, 0.3) is 0 Å². The Bertz CT molecular complexity index is 1260. The van der Waals surface area contributed by atoms with Crippen LogP contribution in [0.1, 0.15) is 432 Å². The average Bonchev–Trinajstić information content (AvgIpc) is 3.47. The predicted molar refractivity (Wildman–Crippen MR) is 353 cm³/mol. The molecule has 0 amide bonds. The highest BCUT2D eigenvalue weighted by molar-refractivity contribution is 5.71. The Labute approximate surface area is 507 Å². The number of rotatable bonds is 70. The summed E-state index contributed by atoms with van der Waals surface area (Å²) in [6.45, 7) is 6.74. The van der Waals surface area contributed by atoms with E-state index in [2.05, 4.69) is 32.9 Å². The van der Waals surface area contributed by atoms with Crippen LogP contribution in [0.4, 0.5) is 0 Å². The first-order valence-corrected chi connectivity index (χ1v) is 37.2. The van der Waals surface area contributed by atoms with Gasteiger partial charge in [0, 0.05) is 19.3 Å². The Balaban J connectivity index is 4.25. The summed E-state index contributed by atoms with van der Waals surface area (Å²) in [6, 6.07) is 0. The highest BCUT2D eigenvalue weighted by atomic mass is 16.6. The molecule has 0 aromatic heterocycles. The first-order chi connectivity index (χ1) is 40.0. The highest BCUT2D eigenvalue weighted by Gasteiger charge is 2.20. The van der Waals surface area contributed by atoms with Gasteiger partial charge in [-0.2, -0.15) is 0 Å². The molecule has 0 rings (SSSR count). The fourth-order valence-electron chi connectivity index (χ4n) is 11.7. The second kappa shape index (κ2) is 70.6. The van der Waals surface area contributed by atoms with E-state index in [1.54, 1.807) is 0 Å². The van der Waals surface area contributed by atoms with Crippen LogP contribution in [0, 0.1) is 0 Å². The predicted octanol–water partition coefficient (Wildman–Crippen LogP) is 25.6. The average molecular weight is 1140 g/mol. The van der Waals surface area contributed by atoms with Crippen LogP contribution < -0.4 is 0 Å². The number of unbranched alkanes of at least 4 members (excludes halogenated alkanes) is 57. The third-order valence-corrected chi connectivity index (χ3v) is 17.3. The summed E-state index contributed by atoms with van der Waals surface area (Å²) in [4.78, 5) is 38.5. The van der Waals surface area contributed by atoms with Crippen molar-refractivity contribution in [3.05, 3.63) is 12.2 Å². The number of hydrogen-bond donors (Lipinski definition) is 0. The molecule has 6 nitrogen and oxygen atoms in total. The summed E-state index contributed by atoms with van der Waals surface area (Å²) in [7, 11) is 0. The van der Waals surface area contributed by atoms with Gasteiger partial charge in [-0.3, -0.25) is 14.4 Å². The van der Waals surface area contributed by atoms with Crippen molar-refractivity contribution in [3.63, 3.8) is 0 Å². The van der Waals surface area contributed by atoms with Crippen molar-refractivity contribution in [1.29, 1.82) is 0 Å². The molecule has 0 radical (unpaired) electrons. The Kier molecular flexibility index (Phi) is 69.0. The van der Waals surface area contributed by atoms with E-state index in [1.807, 2.05) is 0 Å². The van der Waals surface area contributed by atoms with Gasteiger partial charge in [-0.05, 0) is 44.9 Å². The number of carbonyl (C=O) groups excluding carboxylic acids is 3. The molecule has 0 saturated heterocycles. The molecule has 0 fully saturated rings. The summed E-state index contributed by atoms with van der Waals surface area (Å²) < 4.78 is 17.0. The Morgan fingerprint density at radius 2 is 0.407 bits per heavy atom. The van der Waals surface area contributed by atoms with Gasteiger partial charge in [-0.15, -0.1) is 0 Å². The van der Waals surface area contributed by atoms with E-state index in [4.69, 9.17) is 14.2 Å². The third-order valence-electron chi connectivity index (χ3n) is 17.3. The Morgan fingerprint density at radius 3 is 0.617 bits per heavy atom. The molecule has 0 aliphatic rings. The molecule has 0 spiro atoms. The van der Waals surface area contributed by atoms with Crippen LogP contribution in [0.5, 0.6) is 0 Å². The summed E-state index contributed by atoms with van der Waals surface area (Å²) in [5.74, 6) is -0.823. The van der Waals surface area contributed by atoms with E-state index >= 15 is 0 Å². The fraction of sp³-hybridized carbons (Fsp3) is 0.933. The minimum absolute atomic E-state index is 0.0627. The van der Waals surface area contributed by atoms with Crippen LogP contribution in [0.15, 0.2) is 12.2 Å². The molecule has 0 aliphatic carbocycles. The summed E-state index contributed by atoms with van der Waals surface area (Å²) >= 11 is 0. The van der Waals surface area contributed by atoms with Gasteiger partial charge in [0.15, 0.2) is 6.10 Å². The molecule has 6 heteroatoms. The smallest absolute Gasteiger partial charge is 0.306 e. The zero-order chi connectivity index (χ0) is 58.5. The molecule has 81 heavy (non-hydrogen) atoms. The second-order valence-electron chi connectivity index (χ2n) is 25.6. The quantitative estimate of drug-likeness (QED) is 0.0261. The van der Waals surface area contributed by atoms with Crippen molar-refractivity contribution in [2.24, 2.45) is 0 Å². The fourth-order valence-corrected chi connectivity index (χ4v) is 11.7. The van der Waals surface area contributed by atoms with E-state index in [0.29, 0.717) is 19.3 Å². The summed E-state index contributed by atoms with van der Waals surface area (Å²) in [5, 5.41) is 0. The first-order valence-electron chi connectivity index (χ1n) is 37.2. The van der Waals surface area contributed by atoms with Crippen molar-refractivity contribution in [3.8, 4) is 0 Å². The third kappa shape index (κ3) is 68.8. The maximum atomic E-state index is 13.0. The van der Waals surface area contributed by atoms with Gasteiger partial charge in [-0.25, -0.2) is 0 Å². The summed E-state index contributed by atoms with van der Waals surface area (Å²) in [6.07, 6.45) is 85.3. The second-order valence-corrected chi connectivity index (χ2v) is 25.6. The minimum atomic E-state index is -0.767. The molecule has 0 saturated carbocycles. The van der Waals surface area contributed by atoms with Gasteiger partial charge in [-0.1, -0.05) is 380 Å². The molecular formula is C75H144O6. The zero-order valence-corrected chi connectivity index (χ0v) is 55.4. The van der Waals surface area contributed by atoms with Crippen molar-refractivity contribution >= 4 is 17.9 Å². The van der Waals surface area contributed by atoms with E-state index in [1.165, 1.54) is 334 Å². The standard InChI is InChI=1S/C75H144O6/c1-4-7-10-13-16-19-22-25-28-31-33-35-37-39-40-42-44-47-50-53-56-59-62-65-68-74(77)80-71-72(70-79-73(76)67-64-61-58-55-52-49-46-30-27-24-21-18-15-12-9-6-3)81-75(78)69-66-63-60-57-54-51-48-45-43-41-38-36-34-32-29-26-23-20-17-14-11-8-5-2/h32,34,72H,4-31,33,35-71H2,1-3H3/b34-32-. The number of hydrogen-bond acceptors (Lipinski definition) is 6. The molecule has 1 unspecified atom stereocenters. The van der Waals surface area contributed by atoms with E-state index in [0.717, 1.165) is 57.8 Å². The lowest BCUT2D eigenvalue weighted by molar-refractivity contribution is -0.167. The number of carbonyl (C=O) groups is 3. The largest absolute Gasteiger partial charge is 0.462 e. The number of allylic oxidation sites excluding steroid dienone is 2. The lowest BCUT2D eigenvalue weighted by Gasteiger charge is -2.18. The van der Waals surface area contributed by atoms with Gasteiger partial charge in [0.1, 0.15) is 13.2 Å². The lowest BCUT2D eigenvalue weighted by Crippen LogP contribution is -2.30. The van der Waals surface area contributed by atoms with Crippen molar-refractivity contribution in [1.82, 2.24) is 0 Å². The topological polar surface area (TPSA) is 78.9 Å². The van der Waals surface area contributed by atoms with Crippen molar-refractivity contribution in [2.45, 2.75) is 438 Å². The number of ether oxygens (including phenoxy) is 3. The maximum absolute atomic E-state index is 13.0. The van der Waals surface area contributed by atoms with Crippen LogP contribution >= 0.6 is 0 Å². The first kappa shape index (κ1) is 79.2. The van der Waals surface area contributed by atoms with Gasteiger partial charge in [0.05, 0.1) is 0 Å². The van der Waals surface area contributed by atoms with Crippen LogP contribution in [0.3, 0.4) is 0 Å². The van der Waals surface area contributed by atoms with Crippen LogP contribution in [-0.2, 0) is 28.6 Å². The lowest BCUT2D eigenvalue weighted by atomic mass is 10.0. The van der Waals surface area contributed by atoms with Crippen LogP contribution in [-0.4, -0.2) is 37.2 Å². The zero-order valence-electron chi connectivity index (χ0n) is 55.4. The molecule has 0 aromatic carbocycles. The minimum Gasteiger partial charge on any atom is -0.462 e. The molecule has 0 bridgehead atoms. The highest BCUT2D eigenvalue weighted by Crippen LogP contribution is 2.19. The van der Waals surface area contributed by atoms with Crippen molar-refractivity contribution < 1.29 is 28.6 Å². The van der Waals surface area contributed by atoms with Gasteiger partial charge >= 0.3 is 17.9 Å². The Morgan fingerprint density at radius 1 is 0.235 bits per heavy atom. The molecule has 0 aromatic rings. The molecule has 0 N–H and O–H groups in total. The monoisotopic (exact) mass is 1140 g/mol. The van der Waals surface area contributed by atoms with Crippen LogP contribution in [0.25, 0.3) is 0 Å². The SMILES string of the molecule is CCCCCCCCCC/C=C\CCCCCCCCCCCCCC(=O)OC(COC(=O)CCCCCCCCCCCCCCCCCC)COC(=O)CCCCCCCCCCCCCCCCCCCCCCCCCC. The summed E-state index contributed by atoms with van der Waals surface area (Å²) in [5.41, 5.74) is 0. The van der Waals surface area contributed by atoms with E-state index in [-0.39, 0.29) is 31.1 Å². The van der Waals surface area contributed by atoms with Crippen LogP contribution in [0.2, 0.25) is 0 Å². The molecule has 1 atom stereocenters. The molecule has 0 aliphatic heterocycles. The normalized spacial score (nSPS) is 12.0. The van der Waals surface area contributed by atoms with E-state index < -0.39 is 6.10 Å². The maximum Gasteiger partial charge on any atom is 0.306 e. The molecule has 0 heterocycles.